The number of rotatable bonds is 74. The monoisotopic (exact) mass is 1450 g/mol. The van der Waals surface area contributed by atoms with Crippen molar-refractivity contribution in [1.29, 1.82) is 0 Å². The van der Waals surface area contributed by atoms with Crippen LogP contribution in [0.4, 0.5) is 0 Å². The van der Waals surface area contributed by atoms with Crippen LogP contribution in [-0.2, 0) is 65.4 Å². The minimum absolute atomic E-state index is 0.0402. The Labute approximate surface area is 607 Å². The van der Waals surface area contributed by atoms with Crippen LogP contribution in [0, 0.1) is 0 Å². The molecule has 0 saturated carbocycles. The van der Waals surface area contributed by atoms with Gasteiger partial charge >= 0.3 is 39.5 Å². The van der Waals surface area contributed by atoms with Crippen molar-refractivity contribution in [2.45, 2.75) is 354 Å². The second kappa shape index (κ2) is 73.3. The molecule has 0 amide bonds. The molecule has 5 unspecified atom stereocenters. The zero-order valence-corrected chi connectivity index (χ0v) is 64.9. The van der Waals surface area contributed by atoms with Gasteiger partial charge in [-0.1, -0.05) is 285 Å². The molecule has 0 heterocycles. The first-order chi connectivity index (χ1) is 48.7. The minimum Gasteiger partial charge on any atom is -0.462 e. The Morgan fingerprint density at radius 3 is 0.840 bits per heavy atom. The molecule has 0 radical (unpaired) electrons. The molecule has 0 rings (SSSR count). The van der Waals surface area contributed by atoms with Gasteiger partial charge in [0, 0.05) is 25.7 Å². The summed E-state index contributed by atoms with van der Waals surface area (Å²) >= 11 is 0. The van der Waals surface area contributed by atoms with Crippen LogP contribution < -0.4 is 0 Å². The van der Waals surface area contributed by atoms with Gasteiger partial charge in [0.2, 0.25) is 0 Å². The lowest BCUT2D eigenvalue weighted by molar-refractivity contribution is -0.161. The van der Waals surface area contributed by atoms with Crippen molar-refractivity contribution < 1.29 is 80.2 Å². The lowest BCUT2D eigenvalue weighted by atomic mass is 10.0. The Bertz CT molecular complexity index is 2270. The molecule has 0 bridgehead atoms. The molecule has 19 heteroatoms. The maximum absolute atomic E-state index is 13.1. The number of ether oxygens (including phenoxy) is 4. The Morgan fingerprint density at radius 1 is 0.290 bits per heavy atom. The minimum atomic E-state index is -4.99. The lowest BCUT2D eigenvalue weighted by Gasteiger charge is -2.21. The first-order valence-corrected chi connectivity index (χ1v) is 42.5. The molecule has 0 fully saturated rings. The molecule has 3 N–H and O–H groups in total. The summed E-state index contributed by atoms with van der Waals surface area (Å²) in [5.74, 6) is -2.22. The number of phosphoric ester groups is 2. The SMILES string of the molecule is CC/C=C\C/C=C\C/C=C\C/C=C\CCCCC(=O)OC(COC(=O)CCCCCCCCC/C=C\C/C=C\C/C=C\CC)COP(=O)(O)OCC(O)COP(=O)(O)OCC(COC(=O)CCCCCCCCCCCCCCCCC)OC(=O)CCCCCCC/C=C\CCCCCC. The van der Waals surface area contributed by atoms with E-state index in [4.69, 9.17) is 37.0 Å². The van der Waals surface area contributed by atoms with E-state index in [2.05, 4.69) is 125 Å². The van der Waals surface area contributed by atoms with Gasteiger partial charge in [-0.05, 0) is 122 Å². The van der Waals surface area contributed by atoms with Gasteiger partial charge in [0.25, 0.3) is 0 Å². The third-order valence-electron chi connectivity index (χ3n) is 16.5. The number of aliphatic hydroxyl groups is 1. The summed E-state index contributed by atoms with van der Waals surface area (Å²) in [6.45, 7) is 4.61. The van der Waals surface area contributed by atoms with Gasteiger partial charge in [-0.15, -0.1) is 0 Å². The lowest BCUT2D eigenvalue weighted by Crippen LogP contribution is -2.30. The van der Waals surface area contributed by atoms with Crippen LogP contribution in [0.1, 0.15) is 336 Å². The Balaban J connectivity index is 5.37. The van der Waals surface area contributed by atoms with Gasteiger partial charge in [0.15, 0.2) is 12.2 Å². The number of esters is 4. The predicted octanol–water partition coefficient (Wildman–Crippen LogP) is 22.8. The van der Waals surface area contributed by atoms with Crippen molar-refractivity contribution >= 4 is 39.5 Å². The highest BCUT2D eigenvalue weighted by atomic mass is 31.2. The van der Waals surface area contributed by atoms with Crippen molar-refractivity contribution in [3.8, 4) is 0 Å². The highest BCUT2D eigenvalue weighted by Gasteiger charge is 2.30. The van der Waals surface area contributed by atoms with E-state index in [1.807, 2.05) is 0 Å². The van der Waals surface area contributed by atoms with E-state index < -0.39 is 97.5 Å². The molecule has 0 spiro atoms. The summed E-state index contributed by atoms with van der Waals surface area (Å²) in [5.41, 5.74) is 0. The van der Waals surface area contributed by atoms with Crippen LogP contribution in [0.2, 0.25) is 0 Å². The summed E-state index contributed by atoms with van der Waals surface area (Å²) < 4.78 is 68.5. The Hall–Kier alpha value is -4.02. The van der Waals surface area contributed by atoms with Gasteiger partial charge in [-0.25, -0.2) is 9.13 Å². The number of allylic oxidation sites excluding steroid dienone is 16. The zero-order chi connectivity index (χ0) is 73.2. The average Bonchev–Trinajstić information content (AvgIpc) is 0.932. The number of carbonyl (C=O) groups excluding carboxylic acids is 4. The number of unbranched alkanes of at least 4 members (excludes halogenated alkanes) is 32. The summed E-state index contributed by atoms with van der Waals surface area (Å²) in [6, 6.07) is 0. The van der Waals surface area contributed by atoms with E-state index in [1.165, 1.54) is 96.3 Å². The molecule has 0 aromatic heterocycles. The number of aliphatic hydroxyl groups excluding tert-OH is 1. The first-order valence-electron chi connectivity index (χ1n) is 39.5. The number of carbonyl (C=O) groups is 4. The van der Waals surface area contributed by atoms with E-state index in [9.17, 15) is 43.2 Å². The fourth-order valence-electron chi connectivity index (χ4n) is 10.6. The number of hydrogen-bond donors (Lipinski definition) is 3. The third-order valence-corrected chi connectivity index (χ3v) is 18.4. The van der Waals surface area contributed by atoms with Gasteiger partial charge < -0.3 is 33.8 Å². The fraction of sp³-hybridized carbons (Fsp3) is 0.753. The van der Waals surface area contributed by atoms with Crippen molar-refractivity contribution in [2.75, 3.05) is 39.6 Å². The highest BCUT2D eigenvalue weighted by Crippen LogP contribution is 2.45. The fourth-order valence-corrected chi connectivity index (χ4v) is 12.2. The Morgan fingerprint density at radius 2 is 0.520 bits per heavy atom. The van der Waals surface area contributed by atoms with Crippen LogP contribution in [0.3, 0.4) is 0 Å². The number of hydrogen-bond acceptors (Lipinski definition) is 15. The highest BCUT2D eigenvalue weighted by molar-refractivity contribution is 7.47. The third kappa shape index (κ3) is 72.3. The first kappa shape index (κ1) is 96.0. The summed E-state index contributed by atoms with van der Waals surface area (Å²) in [5, 5.41) is 10.6. The van der Waals surface area contributed by atoms with E-state index >= 15 is 0 Å². The van der Waals surface area contributed by atoms with E-state index in [0.717, 1.165) is 154 Å². The van der Waals surface area contributed by atoms with Crippen molar-refractivity contribution in [3.05, 3.63) is 97.2 Å². The molecule has 0 aliphatic rings. The van der Waals surface area contributed by atoms with Crippen LogP contribution in [-0.4, -0.2) is 96.7 Å². The summed E-state index contributed by atoms with van der Waals surface area (Å²) in [6.07, 6.45) is 76.8. The smallest absolute Gasteiger partial charge is 0.462 e. The quantitative estimate of drug-likeness (QED) is 0.0169. The largest absolute Gasteiger partial charge is 0.472 e. The van der Waals surface area contributed by atoms with E-state index in [-0.39, 0.29) is 25.7 Å². The molecule has 17 nitrogen and oxygen atoms in total. The molecule has 5 atom stereocenters. The van der Waals surface area contributed by atoms with Gasteiger partial charge in [0.05, 0.1) is 26.4 Å². The van der Waals surface area contributed by atoms with Crippen LogP contribution in [0.5, 0.6) is 0 Å². The average molecular weight is 1450 g/mol. The zero-order valence-electron chi connectivity index (χ0n) is 63.1. The van der Waals surface area contributed by atoms with E-state index in [1.54, 1.807) is 0 Å². The molecular weight excluding hydrogens is 1310 g/mol. The van der Waals surface area contributed by atoms with Gasteiger partial charge in [-0.2, -0.15) is 0 Å². The second-order valence-electron chi connectivity index (χ2n) is 26.2. The summed E-state index contributed by atoms with van der Waals surface area (Å²) in [7, 11) is -9.96. The molecule has 0 aromatic carbocycles. The van der Waals surface area contributed by atoms with Gasteiger partial charge in [-0.3, -0.25) is 37.3 Å². The second-order valence-corrected chi connectivity index (χ2v) is 29.2. The van der Waals surface area contributed by atoms with Crippen LogP contribution >= 0.6 is 15.6 Å². The standard InChI is InChI=1S/C81H142O17P2/c1-5-9-13-17-21-25-29-33-36-37-40-43-46-50-54-58-62-66-79(84)92-72-77(98-81(86)68-64-60-56-52-48-44-39-35-31-27-23-19-15-11-7-3)74-96-100(89,90)94-70-75(82)69-93-99(87,88)95-73-76(97-80(85)67-63-59-55-51-47-41-32-28-24-20-16-12-8-4)71-91-78(83)65-61-57-53-49-45-42-38-34-30-26-22-18-14-10-6-2/h9,11,13,15,21,23,25,27-28,32-33,35-36,39,48,52,75-77,82H,5-8,10,12,14,16-20,22,24,26,29-31,34,37-38,40-47,49-51,53-74H2,1-4H3,(H,87,88)(H,89,90)/b13-9-,15-11-,25-21-,27-23-,32-28-,36-33-,39-35-,52-48-. The maximum Gasteiger partial charge on any atom is 0.472 e. The van der Waals surface area contributed by atoms with Crippen molar-refractivity contribution in [2.24, 2.45) is 0 Å². The molecule has 0 aliphatic heterocycles. The maximum atomic E-state index is 13.1. The number of phosphoric acid groups is 2. The molecule has 578 valence electrons. The molecular formula is C81H142O17P2. The Kier molecular flexibility index (Phi) is 70.4. The summed E-state index contributed by atoms with van der Waals surface area (Å²) in [4.78, 5) is 72.9. The van der Waals surface area contributed by atoms with E-state index in [0.29, 0.717) is 32.1 Å². The molecule has 0 aliphatic carbocycles. The van der Waals surface area contributed by atoms with Crippen molar-refractivity contribution in [1.82, 2.24) is 0 Å². The van der Waals surface area contributed by atoms with Gasteiger partial charge in [0.1, 0.15) is 19.3 Å². The molecule has 0 aromatic rings. The topological polar surface area (TPSA) is 237 Å². The normalized spacial score (nSPS) is 14.4. The van der Waals surface area contributed by atoms with Crippen LogP contribution in [0.15, 0.2) is 97.2 Å². The molecule has 100 heavy (non-hydrogen) atoms. The van der Waals surface area contributed by atoms with Crippen LogP contribution in [0.25, 0.3) is 0 Å². The predicted molar refractivity (Wildman–Crippen MR) is 409 cm³/mol. The van der Waals surface area contributed by atoms with Crippen molar-refractivity contribution in [3.63, 3.8) is 0 Å². The molecule has 0 saturated heterocycles.